The summed E-state index contributed by atoms with van der Waals surface area (Å²) in [6, 6.07) is 12.2. The molecule has 0 saturated heterocycles. The van der Waals surface area contributed by atoms with E-state index in [1.54, 1.807) is 13.0 Å². The molecule has 0 heterocycles. The van der Waals surface area contributed by atoms with Crippen molar-refractivity contribution in [2.24, 2.45) is 0 Å². The number of carbonyl (C=O) groups is 2. The van der Waals surface area contributed by atoms with Crippen LogP contribution >= 0.6 is 0 Å². The molecule has 0 radical (unpaired) electrons. The Bertz CT molecular complexity index is 736. The maximum Gasteiger partial charge on any atom is 0.335 e. The maximum atomic E-state index is 12.0. The summed E-state index contributed by atoms with van der Waals surface area (Å²) < 4.78 is 5.47. The molecule has 0 atom stereocenters. The van der Waals surface area contributed by atoms with Gasteiger partial charge in [0.25, 0.3) is 5.91 Å². The molecule has 0 aliphatic carbocycles. The van der Waals surface area contributed by atoms with Gasteiger partial charge < -0.3 is 15.2 Å². The Morgan fingerprint density at radius 3 is 2.33 bits per heavy atom. The van der Waals surface area contributed by atoms with Crippen LogP contribution in [0.1, 0.15) is 41.3 Å². The summed E-state index contributed by atoms with van der Waals surface area (Å²) in [4.78, 5) is 22.9. The minimum atomic E-state index is -0.996. The zero-order valence-electron chi connectivity index (χ0n) is 14.0. The molecule has 2 N–H and O–H groups in total. The number of hydrogen-bond donors (Lipinski definition) is 2. The number of rotatable bonds is 6. The fourth-order valence-corrected chi connectivity index (χ4v) is 2.22. The number of carbonyl (C=O) groups excluding carboxylic acids is 1. The number of ether oxygens (including phenoxy) is 1. The first-order chi connectivity index (χ1) is 11.4. The van der Waals surface area contributed by atoms with E-state index in [1.165, 1.54) is 17.7 Å². The lowest BCUT2D eigenvalue weighted by atomic mass is 10.0. The van der Waals surface area contributed by atoms with Gasteiger partial charge in [-0.25, -0.2) is 4.79 Å². The number of nitrogens with one attached hydrogen (secondary N) is 1. The molecular formula is C19H21NO4. The summed E-state index contributed by atoms with van der Waals surface area (Å²) in [5.41, 5.74) is 2.65. The molecule has 2 aromatic carbocycles. The van der Waals surface area contributed by atoms with Crippen LogP contribution in [0.15, 0.2) is 42.5 Å². The highest BCUT2D eigenvalue weighted by molar-refractivity contribution is 5.94. The van der Waals surface area contributed by atoms with Gasteiger partial charge in [0.15, 0.2) is 6.61 Å². The van der Waals surface area contributed by atoms with Crippen molar-refractivity contribution in [3.05, 3.63) is 59.2 Å². The first-order valence-corrected chi connectivity index (χ1v) is 7.73. The molecule has 2 aromatic rings. The van der Waals surface area contributed by atoms with Gasteiger partial charge in [0.2, 0.25) is 0 Å². The van der Waals surface area contributed by atoms with E-state index in [2.05, 4.69) is 19.2 Å². The number of amides is 1. The molecule has 1 amide bonds. The number of aromatic carboxylic acids is 1. The van der Waals surface area contributed by atoms with Gasteiger partial charge in [0.05, 0.1) is 5.56 Å². The lowest BCUT2D eigenvalue weighted by Crippen LogP contribution is -2.20. The Balaban J connectivity index is 1.92. The highest BCUT2D eigenvalue weighted by Crippen LogP contribution is 2.19. The second-order valence-corrected chi connectivity index (χ2v) is 5.90. The van der Waals surface area contributed by atoms with Gasteiger partial charge in [-0.05, 0) is 54.3 Å². The molecule has 5 nitrogen and oxygen atoms in total. The molecule has 5 heteroatoms. The Morgan fingerprint density at radius 2 is 1.79 bits per heavy atom. The molecule has 24 heavy (non-hydrogen) atoms. The van der Waals surface area contributed by atoms with E-state index in [4.69, 9.17) is 9.84 Å². The normalized spacial score (nSPS) is 10.5. The number of hydrogen-bond acceptors (Lipinski definition) is 3. The Labute approximate surface area is 141 Å². The van der Waals surface area contributed by atoms with Crippen LogP contribution in [0.25, 0.3) is 0 Å². The SMILES string of the molecule is Cc1cc(C(=O)O)ccc1NC(=O)COc1ccc(C(C)C)cc1. The van der Waals surface area contributed by atoms with Crippen LogP contribution in [0, 0.1) is 6.92 Å². The van der Waals surface area contributed by atoms with Gasteiger partial charge in [-0.3, -0.25) is 4.79 Å². The first kappa shape index (κ1) is 17.5. The second-order valence-electron chi connectivity index (χ2n) is 5.90. The predicted molar refractivity (Wildman–Crippen MR) is 92.8 cm³/mol. The second kappa shape index (κ2) is 7.64. The van der Waals surface area contributed by atoms with Gasteiger partial charge in [0.1, 0.15) is 5.75 Å². The number of carboxylic acid groups (broad SMARTS) is 1. The molecule has 2 rings (SSSR count). The van der Waals surface area contributed by atoms with E-state index in [9.17, 15) is 9.59 Å². The molecule has 0 aliphatic heterocycles. The van der Waals surface area contributed by atoms with Gasteiger partial charge in [-0.15, -0.1) is 0 Å². The smallest absolute Gasteiger partial charge is 0.335 e. The molecular weight excluding hydrogens is 306 g/mol. The zero-order valence-corrected chi connectivity index (χ0v) is 14.0. The molecule has 0 bridgehead atoms. The van der Waals surface area contributed by atoms with Crippen molar-refractivity contribution in [3.8, 4) is 5.75 Å². The van der Waals surface area contributed by atoms with Crippen molar-refractivity contribution >= 4 is 17.6 Å². The highest BCUT2D eigenvalue weighted by atomic mass is 16.5. The van der Waals surface area contributed by atoms with Crippen LogP contribution in [0.2, 0.25) is 0 Å². The summed E-state index contributed by atoms with van der Waals surface area (Å²) in [6.45, 7) is 5.86. The van der Waals surface area contributed by atoms with Crippen molar-refractivity contribution < 1.29 is 19.4 Å². The van der Waals surface area contributed by atoms with Crippen LogP contribution in [-0.2, 0) is 4.79 Å². The van der Waals surface area contributed by atoms with E-state index >= 15 is 0 Å². The quantitative estimate of drug-likeness (QED) is 0.845. The van der Waals surface area contributed by atoms with Crippen molar-refractivity contribution in [2.75, 3.05) is 11.9 Å². The summed E-state index contributed by atoms with van der Waals surface area (Å²) in [7, 11) is 0. The molecule has 0 aliphatic rings. The third-order valence-electron chi connectivity index (χ3n) is 3.66. The average Bonchev–Trinajstić information content (AvgIpc) is 2.55. The molecule has 0 unspecified atom stereocenters. The Hall–Kier alpha value is -2.82. The van der Waals surface area contributed by atoms with Gasteiger partial charge in [-0.1, -0.05) is 26.0 Å². The van der Waals surface area contributed by atoms with Gasteiger partial charge in [0, 0.05) is 5.69 Å². The standard InChI is InChI=1S/C19H21NO4/c1-12(2)14-4-7-16(8-5-14)24-11-18(21)20-17-9-6-15(19(22)23)10-13(17)3/h4-10,12H,11H2,1-3H3,(H,20,21)(H,22,23). The molecule has 0 aromatic heterocycles. The van der Waals surface area contributed by atoms with Crippen molar-refractivity contribution in [2.45, 2.75) is 26.7 Å². The van der Waals surface area contributed by atoms with E-state index in [0.29, 0.717) is 22.9 Å². The monoisotopic (exact) mass is 327 g/mol. The van der Waals surface area contributed by atoms with Crippen LogP contribution in [0.5, 0.6) is 5.75 Å². The lowest BCUT2D eigenvalue weighted by molar-refractivity contribution is -0.118. The topological polar surface area (TPSA) is 75.6 Å². The Morgan fingerprint density at radius 1 is 1.12 bits per heavy atom. The fourth-order valence-electron chi connectivity index (χ4n) is 2.22. The minimum absolute atomic E-state index is 0.110. The van der Waals surface area contributed by atoms with Crippen molar-refractivity contribution in [3.63, 3.8) is 0 Å². The van der Waals surface area contributed by atoms with Crippen LogP contribution < -0.4 is 10.1 Å². The van der Waals surface area contributed by atoms with E-state index in [-0.39, 0.29) is 18.1 Å². The van der Waals surface area contributed by atoms with Crippen LogP contribution in [0.4, 0.5) is 5.69 Å². The summed E-state index contributed by atoms with van der Waals surface area (Å²) in [6.07, 6.45) is 0. The van der Waals surface area contributed by atoms with Gasteiger partial charge >= 0.3 is 5.97 Å². The Kier molecular flexibility index (Phi) is 5.58. The number of carboxylic acids is 1. The fraction of sp³-hybridized carbons (Fsp3) is 0.263. The summed E-state index contributed by atoms with van der Waals surface area (Å²) in [5, 5.41) is 11.7. The molecule has 0 saturated carbocycles. The maximum absolute atomic E-state index is 12.0. The molecule has 0 spiro atoms. The van der Waals surface area contributed by atoms with Crippen molar-refractivity contribution in [1.82, 2.24) is 0 Å². The van der Waals surface area contributed by atoms with E-state index in [1.807, 2.05) is 24.3 Å². The van der Waals surface area contributed by atoms with E-state index in [0.717, 1.165) is 0 Å². The number of aryl methyl sites for hydroxylation is 1. The third kappa shape index (κ3) is 4.59. The zero-order chi connectivity index (χ0) is 17.7. The van der Waals surface area contributed by atoms with Gasteiger partial charge in [-0.2, -0.15) is 0 Å². The largest absolute Gasteiger partial charge is 0.484 e. The number of anilines is 1. The molecule has 0 fully saturated rings. The minimum Gasteiger partial charge on any atom is -0.484 e. The van der Waals surface area contributed by atoms with Crippen LogP contribution in [-0.4, -0.2) is 23.6 Å². The number of benzene rings is 2. The summed E-state index contributed by atoms with van der Waals surface area (Å²) in [5.74, 6) is -0.218. The predicted octanol–water partition coefficient (Wildman–Crippen LogP) is 3.83. The molecule has 126 valence electrons. The highest BCUT2D eigenvalue weighted by Gasteiger charge is 2.09. The summed E-state index contributed by atoms with van der Waals surface area (Å²) >= 11 is 0. The average molecular weight is 327 g/mol. The van der Waals surface area contributed by atoms with E-state index < -0.39 is 5.97 Å². The first-order valence-electron chi connectivity index (χ1n) is 7.73. The van der Waals surface area contributed by atoms with Crippen molar-refractivity contribution in [1.29, 1.82) is 0 Å². The lowest BCUT2D eigenvalue weighted by Gasteiger charge is -2.11. The third-order valence-corrected chi connectivity index (χ3v) is 3.66. The van der Waals surface area contributed by atoms with Crippen LogP contribution in [0.3, 0.4) is 0 Å².